The molecule has 2 aromatic rings. The molecular formula is C30H40F3N5O2. The summed E-state index contributed by atoms with van der Waals surface area (Å²) in [6.07, 6.45) is 2.06. The average molecular weight is 560 g/mol. The smallest absolute Gasteiger partial charge is 0.354 e. The molecule has 40 heavy (non-hydrogen) atoms. The predicted octanol–water partition coefficient (Wildman–Crippen LogP) is 6.03. The first kappa shape index (κ1) is 30.0. The van der Waals surface area contributed by atoms with Gasteiger partial charge in [0.25, 0.3) is 0 Å². The summed E-state index contributed by atoms with van der Waals surface area (Å²) in [5.74, 6) is 0.00365. The van der Waals surface area contributed by atoms with Crippen LogP contribution in [0, 0.1) is 17.8 Å². The first-order chi connectivity index (χ1) is 19.0. The summed E-state index contributed by atoms with van der Waals surface area (Å²) in [5, 5.41) is 5.87. The lowest BCUT2D eigenvalue weighted by atomic mass is 9.89. The summed E-state index contributed by atoms with van der Waals surface area (Å²) < 4.78 is 41.4. The Hall–Kier alpha value is -3.01. The summed E-state index contributed by atoms with van der Waals surface area (Å²) in [6, 6.07) is 6.84. The van der Waals surface area contributed by atoms with Crippen LogP contribution in [0.3, 0.4) is 0 Å². The largest absolute Gasteiger partial charge is 0.419 e. The number of Topliss-reactive ketones (excluding diaryl/α,β-unsaturated/α-hetero) is 1. The van der Waals surface area contributed by atoms with Gasteiger partial charge in [0, 0.05) is 42.4 Å². The zero-order chi connectivity index (χ0) is 28.9. The van der Waals surface area contributed by atoms with E-state index in [9.17, 15) is 22.8 Å². The van der Waals surface area contributed by atoms with Crippen LogP contribution in [0.2, 0.25) is 0 Å². The molecular weight excluding hydrogens is 519 g/mol. The molecule has 0 radical (unpaired) electrons. The molecule has 1 saturated heterocycles. The second-order valence-electron chi connectivity index (χ2n) is 11.7. The molecule has 1 aromatic heterocycles. The van der Waals surface area contributed by atoms with Crippen LogP contribution in [0.5, 0.6) is 0 Å². The molecule has 7 nitrogen and oxygen atoms in total. The maximum atomic E-state index is 13.8. The molecule has 218 valence electrons. The number of likely N-dealkylation sites (tertiary alicyclic amines) is 1. The van der Waals surface area contributed by atoms with E-state index in [-0.39, 0.29) is 47.6 Å². The number of alkyl halides is 3. The van der Waals surface area contributed by atoms with Crippen molar-refractivity contribution >= 4 is 23.3 Å². The molecule has 2 N–H and O–H groups in total. The lowest BCUT2D eigenvalue weighted by molar-refractivity contribution is -0.138. The molecule has 4 rings (SSSR count). The zero-order valence-electron chi connectivity index (χ0n) is 23.6. The van der Waals surface area contributed by atoms with Crippen molar-refractivity contribution in [3.63, 3.8) is 0 Å². The van der Waals surface area contributed by atoms with Gasteiger partial charge < -0.3 is 15.5 Å². The van der Waals surface area contributed by atoms with E-state index in [1.807, 2.05) is 13.8 Å². The highest BCUT2D eigenvalue weighted by atomic mass is 19.4. The molecule has 1 saturated carbocycles. The molecule has 0 bridgehead atoms. The fourth-order valence-electron chi connectivity index (χ4n) is 5.99. The number of carbonyl (C=O) groups is 2. The number of anilines is 2. The zero-order valence-corrected chi connectivity index (χ0v) is 23.6. The van der Waals surface area contributed by atoms with Gasteiger partial charge in [0.1, 0.15) is 0 Å². The van der Waals surface area contributed by atoms with Crippen LogP contribution in [0.15, 0.2) is 30.5 Å². The molecule has 1 amide bonds. The van der Waals surface area contributed by atoms with Crippen LogP contribution in [-0.4, -0.2) is 52.7 Å². The van der Waals surface area contributed by atoms with E-state index in [1.54, 1.807) is 24.3 Å². The third kappa shape index (κ3) is 8.02. The minimum Gasteiger partial charge on any atom is -0.354 e. The van der Waals surface area contributed by atoms with Crippen molar-refractivity contribution in [3.05, 3.63) is 47.3 Å². The van der Waals surface area contributed by atoms with Gasteiger partial charge in [-0.05, 0) is 102 Å². The van der Waals surface area contributed by atoms with Gasteiger partial charge in [0.15, 0.2) is 5.78 Å². The van der Waals surface area contributed by atoms with Crippen molar-refractivity contribution in [3.8, 4) is 0 Å². The minimum atomic E-state index is -4.60. The standard InChI is InChI=1S/C30H40F3N5O2/c1-19(2)35-28(40)24-8-4-7-22(24)16-26-25(30(31,32)33)17-34-29(37-26)36-23-12-10-21(11-13-23)27(39)14-9-20-6-5-15-38(3)18-20/h10-13,17,19-20,22,24H,4-9,14-16,18H2,1-3H3,(H,35,40)(H,34,36,37)/t20?,22-,24-/m0/s1. The number of nitrogens with zero attached hydrogens (tertiary/aromatic N) is 3. The Morgan fingerprint density at radius 2 is 1.85 bits per heavy atom. The fraction of sp³-hybridized carbons (Fsp3) is 0.600. The van der Waals surface area contributed by atoms with Gasteiger partial charge in [-0.3, -0.25) is 9.59 Å². The van der Waals surface area contributed by atoms with E-state index in [2.05, 4.69) is 32.5 Å². The van der Waals surface area contributed by atoms with Gasteiger partial charge in [-0.1, -0.05) is 6.42 Å². The minimum absolute atomic E-state index is 0.0325. The number of halogens is 3. The summed E-state index contributed by atoms with van der Waals surface area (Å²) in [6.45, 7) is 5.87. The van der Waals surface area contributed by atoms with E-state index < -0.39 is 11.7 Å². The maximum absolute atomic E-state index is 13.8. The summed E-state index contributed by atoms with van der Waals surface area (Å²) in [4.78, 5) is 35.9. The number of hydrogen-bond acceptors (Lipinski definition) is 6. The van der Waals surface area contributed by atoms with Gasteiger partial charge in [0.2, 0.25) is 11.9 Å². The van der Waals surface area contributed by atoms with Gasteiger partial charge >= 0.3 is 6.18 Å². The Labute approximate surface area is 234 Å². The van der Waals surface area contributed by atoms with Crippen LogP contribution in [0.1, 0.15) is 80.4 Å². The van der Waals surface area contributed by atoms with Crippen LogP contribution in [0.4, 0.5) is 24.8 Å². The third-order valence-corrected chi connectivity index (χ3v) is 8.02. The van der Waals surface area contributed by atoms with Crippen molar-refractivity contribution in [2.75, 3.05) is 25.5 Å². The second kappa shape index (κ2) is 13.1. The third-order valence-electron chi connectivity index (χ3n) is 8.02. The monoisotopic (exact) mass is 559 g/mol. The van der Waals surface area contributed by atoms with E-state index in [4.69, 9.17) is 0 Å². The first-order valence-corrected chi connectivity index (χ1v) is 14.3. The molecule has 1 aromatic carbocycles. The van der Waals surface area contributed by atoms with Crippen LogP contribution in [0.25, 0.3) is 0 Å². The molecule has 0 spiro atoms. The predicted molar refractivity (Wildman–Crippen MR) is 148 cm³/mol. The number of hydrogen-bond donors (Lipinski definition) is 2. The number of amides is 1. The van der Waals surface area contributed by atoms with E-state index >= 15 is 0 Å². The molecule has 3 atom stereocenters. The number of benzene rings is 1. The number of piperidine rings is 1. The van der Waals surface area contributed by atoms with Crippen molar-refractivity contribution < 1.29 is 22.8 Å². The summed E-state index contributed by atoms with van der Waals surface area (Å²) in [5.41, 5.74) is 0.194. The normalized spacial score (nSPS) is 21.9. The molecule has 2 fully saturated rings. The maximum Gasteiger partial charge on any atom is 0.419 e. The Kier molecular flexibility index (Phi) is 9.81. The molecule has 2 heterocycles. The fourth-order valence-corrected chi connectivity index (χ4v) is 5.99. The molecule has 1 aliphatic carbocycles. The molecule has 2 aliphatic rings. The Morgan fingerprint density at radius 3 is 2.52 bits per heavy atom. The Morgan fingerprint density at radius 1 is 1.10 bits per heavy atom. The molecule has 1 aliphatic heterocycles. The number of nitrogens with one attached hydrogen (secondary N) is 2. The van der Waals surface area contributed by atoms with E-state index in [0.717, 1.165) is 45.0 Å². The molecule has 10 heteroatoms. The van der Waals surface area contributed by atoms with E-state index in [0.29, 0.717) is 36.4 Å². The van der Waals surface area contributed by atoms with Crippen LogP contribution < -0.4 is 10.6 Å². The highest BCUT2D eigenvalue weighted by molar-refractivity contribution is 5.96. The lowest BCUT2D eigenvalue weighted by Gasteiger charge is -2.29. The number of rotatable bonds is 10. The lowest BCUT2D eigenvalue weighted by Crippen LogP contribution is -2.37. The van der Waals surface area contributed by atoms with Crippen LogP contribution in [-0.2, 0) is 17.4 Å². The Balaban J connectivity index is 1.42. The highest BCUT2D eigenvalue weighted by Crippen LogP contribution is 2.38. The second-order valence-corrected chi connectivity index (χ2v) is 11.7. The van der Waals surface area contributed by atoms with Gasteiger partial charge in [-0.2, -0.15) is 13.2 Å². The first-order valence-electron chi connectivity index (χ1n) is 14.3. The average Bonchev–Trinajstić information content (AvgIpc) is 3.35. The van der Waals surface area contributed by atoms with E-state index in [1.165, 1.54) is 0 Å². The van der Waals surface area contributed by atoms with Gasteiger partial charge in [0.05, 0.1) is 11.3 Å². The number of ketones is 1. The number of carbonyl (C=O) groups excluding carboxylic acids is 2. The number of aromatic nitrogens is 2. The van der Waals surface area contributed by atoms with Crippen molar-refractivity contribution in [1.82, 2.24) is 20.2 Å². The summed E-state index contributed by atoms with van der Waals surface area (Å²) in [7, 11) is 2.11. The van der Waals surface area contributed by atoms with Gasteiger partial charge in [-0.25, -0.2) is 9.97 Å². The highest BCUT2D eigenvalue weighted by Gasteiger charge is 2.39. The van der Waals surface area contributed by atoms with Crippen molar-refractivity contribution in [2.24, 2.45) is 17.8 Å². The Bertz CT molecular complexity index is 1170. The van der Waals surface area contributed by atoms with Crippen molar-refractivity contribution in [1.29, 1.82) is 0 Å². The quantitative estimate of drug-likeness (QED) is 0.346. The van der Waals surface area contributed by atoms with Crippen LogP contribution >= 0.6 is 0 Å². The molecule has 1 unspecified atom stereocenters. The SMILES string of the molecule is CC(C)NC(=O)[C@H]1CCC[C@H]1Cc1nc(Nc2ccc(C(=O)CCC3CCCN(C)C3)cc2)ncc1C(F)(F)F. The van der Waals surface area contributed by atoms with Crippen molar-refractivity contribution in [2.45, 2.75) is 77.4 Å². The van der Waals surface area contributed by atoms with Gasteiger partial charge in [-0.15, -0.1) is 0 Å². The summed E-state index contributed by atoms with van der Waals surface area (Å²) >= 11 is 0. The topological polar surface area (TPSA) is 87.2 Å².